The van der Waals surface area contributed by atoms with Crippen molar-refractivity contribution in [1.82, 2.24) is 0 Å². The summed E-state index contributed by atoms with van der Waals surface area (Å²) in [4.78, 5) is 0. The zero-order chi connectivity index (χ0) is 30.5. The van der Waals surface area contributed by atoms with Gasteiger partial charge in [0.1, 0.15) is 0 Å². The minimum atomic E-state index is 0. The average molecular weight is 699 g/mol. The molecular weight excluding hydrogens is 655 g/mol. The quantitative estimate of drug-likeness (QED) is 0.227. The first-order valence-corrected chi connectivity index (χ1v) is 16.1. The van der Waals surface area contributed by atoms with Crippen molar-refractivity contribution in [3.63, 3.8) is 0 Å². The van der Waals surface area contributed by atoms with Crippen LogP contribution < -0.4 is 24.8 Å². The summed E-state index contributed by atoms with van der Waals surface area (Å²) in [7, 11) is 0. The Morgan fingerprint density at radius 2 is 1.05 bits per heavy atom. The van der Waals surface area contributed by atoms with E-state index in [9.17, 15) is 0 Å². The molecule has 5 aromatic rings. The molecule has 3 heteroatoms. The Morgan fingerprint density at radius 3 is 1.34 bits per heavy atom. The first-order chi connectivity index (χ1) is 19.8. The summed E-state index contributed by atoms with van der Waals surface area (Å²) in [5, 5.41) is 5.49. The van der Waals surface area contributed by atoms with Crippen LogP contribution in [0.1, 0.15) is 81.3 Å². The van der Waals surface area contributed by atoms with Gasteiger partial charge in [-0.05, 0) is 10.8 Å². The van der Waals surface area contributed by atoms with E-state index in [-0.39, 0.29) is 35.6 Å². The molecule has 0 atom stereocenters. The SMILES string of the molecule is CC(C)(C)c1ccc2[cH-]c3ccc(C(C)(C)C)cc3c2c1.Cc1ccc([C](=[Zr+2])c2ccc(C)cc2)cc1.[C-]1=CC=CC1.[Cl-].[Cl-]. The predicted molar refractivity (Wildman–Crippen MR) is 182 cm³/mol. The van der Waals surface area contributed by atoms with E-state index < -0.39 is 0 Å². The second-order valence-corrected chi connectivity index (χ2v) is 14.6. The molecule has 0 fully saturated rings. The fourth-order valence-corrected chi connectivity index (χ4v) is 5.70. The van der Waals surface area contributed by atoms with Crippen LogP contribution in [0.2, 0.25) is 0 Å². The summed E-state index contributed by atoms with van der Waals surface area (Å²) in [6, 6.07) is 33.7. The van der Waals surface area contributed by atoms with Crippen LogP contribution in [-0.2, 0) is 35.1 Å². The Balaban J connectivity index is 0.000000260. The van der Waals surface area contributed by atoms with Gasteiger partial charge in [0.25, 0.3) is 0 Å². The Labute approximate surface area is 293 Å². The van der Waals surface area contributed by atoms with Crippen molar-refractivity contribution in [2.24, 2.45) is 0 Å². The van der Waals surface area contributed by atoms with Crippen LogP contribution in [-0.4, -0.2) is 3.21 Å². The number of hydrogen-bond donors (Lipinski definition) is 0. The Morgan fingerprint density at radius 1 is 0.636 bits per heavy atom. The van der Waals surface area contributed by atoms with E-state index in [2.05, 4.69) is 159 Å². The molecule has 6 rings (SSSR count). The predicted octanol–water partition coefficient (Wildman–Crippen LogP) is 5.04. The van der Waals surface area contributed by atoms with Crippen molar-refractivity contribution in [2.75, 3.05) is 0 Å². The first kappa shape index (κ1) is 37.7. The minimum Gasteiger partial charge on any atom is -1.00 e. The van der Waals surface area contributed by atoms with Crippen LogP contribution in [0.4, 0.5) is 0 Å². The number of halogens is 2. The summed E-state index contributed by atoms with van der Waals surface area (Å²) in [6.07, 6.45) is 10.0. The van der Waals surface area contributed by atoms with Gasteiger partial charge >= 0.3 is 112 Å². The summed E-state index contributed by atoms with van der Waals surface area (Å²) >= 11 is 1.46. The molecule has 0 nitrogen and oxygen atoms in total. The second kappa shape index (κ2) is 16.2. The largest absolute Gasteiger partial charge is 1.00 e. The normalized spacial score (nSPS) is 12.0. The van der Waals surface area contributed by atoms with Gasteiger partial charge in [0.05, 0.1) is 0 Å². The molecule has 0 spiro atoms. The third kappa shape index (κ3) is 10.0. The van der Waals surface area contributed by atoms with Crippen molar-refractivity contribution in [3.05, 3.63) is 149 Å². The number of fused-ring (bicyclic) bond motifs is 3. The summed E-state index contributed by atoms with van der Waals surface area (Å²) < 4.78 is 1.42. The van der Waals surface area contributed by atoms with Crippen LogP contribution in [0, 0.1) is 19.9 Å². The van der Waals surface area contributed by atoms with E-state index in [0.29, 0.717) is 0 Å². The monoisotopic (exact) mass is 696 g/mol. The molecule has 0 saturated carbocycles. The fraction of sp³-hybridized carbons (Fsp3) is 0.268. The number of benzene rings is 4. The molecule has 1 aliphatic rings. The zero-order valence-electron chi connectivity index (χ0n) is 27.4. The van der Waals surface area contributed by atoms with E-state index in [1.807, 2.05) is 12.2 Å². The van der Waals surface area contributed by atoms with Gasteiger partial charge in [-0.3, -0.25) is 6.08 Å². The van der Waals surface area contributed by atoms with Gasteiger partial charge in [-0.15, -0.1) is 46.2 Å². The van der Waals surface area contributed by atoms with Crippen LogP contribution >= 0.6 is 0 Å². The first-order valence-electron chi connectivity index (χ1n) is 14.9. The van der Waals surface area contributed by atoms with Gasteiger partial charge in [-0.2, -0.15) is 6.08 Å². The van der Waals surface area contributed by atoms with Gasteiger partial charge in [-0.1, -0.05) is 76.9 Å². The molecule has 0 saturated heterocycles. The van der Waals surface area contributed by atoms with E-state index in [1.165, 1.54) is 82.4 Å². The van der Waals surface area contributed by atoms with Crippen LogP contribution in [0.3, 0.4) is 0 Å². The van der Waals surface area contributed by atoms with Gasteiger partial charge in [0.2, 0.25) is 0 Å². The topological polar surface area (TPSA) is 0 Å². The molecule has 228 valence electrons. The summed E-state index contributed by atoms with van der Waals surface area (Å²) in [6.45, 7) is 17.9. The maximum atomic E-state index is 2.99. The van der Waals surface area contributed by atoms with Crippen molar-refractivity contribution < 1.29 is 49.0 Å². The van der Waals surface area contributed by atoms with Crippen LogP contribution in [0.25, 0.3) is 21.5 Å². The molecule has 0 bridgehead atoms. The molecule has 0 heterocycles. The fourth-order valence-electron chi connectivity index (χ4n) is 4.88. The van der Waals surface area contributed by atoms with Gasteiger partial charge in [0, 0.05) is 0 Å². The minimum absolute atomic E-state index is 0. The number of aryl methyl sites for hydroxylation is 2. The van der Waals surface area contributed by atoms with Crippen molar-refractivity contribution in [2.45, 2.75) is 72.6 Å². The number of allylic oxidation sites excluding steroid dienone is 4. The molecule has 1 aliphatic carbocycles. The van der Waals surface area contributed by atoms with Crippen molar-refractivity contribution in [3.8, 4) is 0 Å². The molecule has 5 aromatic carbocycles. The average Bonchev–Trinajstić information content (AvgIpc) is 3.64. The molecule has 0 aliphatic heterocycles. The molecule has 0 N–H and O–H groups in total. The van der Waals surface area contributed by atoms with E-state index >= 15 is 0 Å². The van der Waals surface area contributed by atoms with Crippen LogP contribution in [0.15, 0.2) is 109 Å². The Bertz CT molecular complexity index is 1590. The molecule has 0 radical (unpaired) electrons. The van der Waals surface area contributed by atoms with E-state index in [1.54, 1.807) is 0 Å². The molecule has 44 heavy (non-hydrogen) atoms. The van der Waals surface area contributed by atoms with E-state index in [0.717, 1.165) is 6.42 Å². The van der Waals surface area contributed by atoms with Crippen molar-refractivity contribution in [1.29, 1.82) is 0 Å². The third-order valence-corrected chi connectivity index (χ3v) is 9.13. The van der Waals surface area contributed by atoms with Crippen LogP contribution in [0.5, 0.6) is 0 Å². The second-order valence-electron chi connectivity index (χ2n) is 13.4. The third-order valence-electron chi connectivity index (χ3n) is 7.71. The standard InChI is InChI=1S/C21H25.C15H14.C5H5.2ClH.Zr/c1-20(2,3)16-9-7-14-11-15-8-10-17(21(4,5)6)13-19(15)18(14)12-16;1-12-3-7-14(8-4-12)11-15-9-5-13(2)6-10-15;1-2-4-5-3-1;;;/h7-13H,1-6H3;3-10H,1-2H3;1-3H,4H2;2*1H;/q-1;;-1;;;+2/p-2. The van der Waals surface area contributed by atoms with Gasteiger partial charge < -0.3 is 24.8 Å². The summed E-state index contributed by atoms with van der Waals surface area (Å²) in [5.41, 5.74) is 8.51. The zero-order valence-corrected chi connectivity index (χ0v) is 31.3. The molecule has 0 amide bonds. The maximum Gasteiger partial charge on any atom is -0.109 e. The van der Waals surface area contributed by atoms with Gasteiger partial charge in [0.15, 0.2) is 0 Å². The van der Waals surface area contributed by atoms with Crippen molar-refractivity contribution >= 4 is 24.8 Å². The smallest absolute Gasteiger partial charge is 0.109 e. The Hall–Kier alpha value is -2.44. The molecular formula is C41H44Cl2Zr-2. The number of hydrogen-bond acceptors (Lipinski definition) is 0. The molecule has 0 aromatic heterocycles. The Kier molecular flexibility index (Phi) is 13.9. The van der Waals surface area contributed by atoms with Gasteiger partial charge in [-0.25, -0.2) is 12.2 Å². The summed E-state index contributed by atoms with van der Waals surface area (Å²) in [5.74, 6) is 0. The number of rotatable bonds is 2. The van der Waals surface area contributed by atoms with E-state index in [4.69, 9.17) is 0 Å². The maximum absolute atomic E-state index is 2.99. The molecule has 0 unspecified atom stereocenters.